The van der Waals surface area contributed by atoms with Crippen molar-refractivity contribution in [1.29, 1.82) is 0 Å². The number of likely N-dealkylation sites (tertiary alicyclic amines) is 1. The topological polar surface area (TPSA) is 32.7 Å². The maximum atomic E-state index is 9.59. The number of aliphatic hydroxyl groups excluding tert-OH is 1. The Balaban J connectivity index is 1.87. The molecule has 0 saturated carbocycles. The van der Waals surface area contributed by atoms with Gasteiger partial charge in [-0.15, -0.1) is 0 Å². The van der Waals surface area contributed by atoms with E-state index in [-0.39, 0.29) is 5.41 Å². The van der Waals surface area contributed by atoms with Gasteiger partial charge >= 0.3 is 0 Å². The summed E-state index contributed by atoms with van der Waals surface area (Å²) in [5.74, 6) is 0. The van der Waals surface area contributed by atoms with Gasteiger partial charge in [-0.1, -0.05) is 6.42 Å². The molecule has 0 aromatic carbocycles. The first-order chi connectivity index (χ1) is 7.35. The Morgan fingerprint density at radius 2 is 1.73 bits per heavy atom. The fourth-order valence-electron chi connectivity index (χ4n) is 2.76. The molecule has 88 valence electrons. The molecule has 15 heavy (non-hydrogen) atoms. The van der Waals surface area contributed by atoms with Crippen molar-refractivity contribution in [2.45, 2.75) is 32.1 Å². The quantitative estimate of drug-likeness (QED) is 0.766. The average Bonchev–Trinajstić information content (AvgIpc) is 2.32. The van der Waals surface area contributed by atoms with Crippen LogP contribution in [0.25, 0.3) is 0 Å². The Kier molecular flexibility index (Phi) is 4.00. The molecule has 2 aliphatic rings. The Bertz CT molecular complexity index is 184. The van der Waals surface area contributed by atoms with Crippen molar-refractivity contribution in [3.63, 3.8) is 0 Å². The lowest BCUT2D eigenvalue weighted by molar-refractivity contribution is -0.0365. The normalized spacial score (nSPS) is 27.8. The zero-order chi connectivity index (χ0) is 10.6. The molecule has 3 nitrogen and oxygen atoms in total. The predicted molar refractivity (Wildman–Crippen MR) is 59.9 cm³/mol. The molecule has 0 spiro atoms. The van der Waals surface area contributed by atoms with Crippen LogP contribution < -0.4 is 0 Å². The standard InChI is InChI=1S/C12H23NO2/c14-11-12(4-8-15-9-5-12)10-13-6-2-1-3-7-13/h14H,1-11H2. The fourth-order valence-corrected chi connectivity index (χ4v) is 2.76. The van der Waals surface area contributed by atoms with E-state index in [1.165, 1.54) is 32.4 Å². The SMILES string of the molecule is OCC1(CN2CCCCC2)CCOCC1. The third-order valence-corrected chi connectivity index (χ3v) is 3.90. The second-order valence-corrected chi connectivity index (χ2v) is 5.11. The van der Waals surface area contributed by atoms with Gasteiger partial charge in [0.25, 0.3) is 0 Å². The third-order valence-electron chi connectivity index (χ3n) is 3.90. The smallest absolute Gasteiger partial charge is 0.0501 e. The van der Waals surface area contributed by atoms with Crippen LogP contribution in [0.1, 0.15) is 32.1 Å². The molecular weight excluding hydrogens is 190 g/mol. The lowest BCUT2D eigenvalue weighted by Gasteiger charge is -2.40. The first kappa shape index (κ1) is 11.4. The first-order valence-corrected chi connectivity index (χ1v) is 6.26. The van der Waals surface area contributed by atoms with Gasteiger partial charge in [-0.05, 0) is 38.8 Å². The summed E-state index contributed by atoms with van der Waals surface area (Å²) in [6.45, 7) is 5.51. The molecule has 0 unspecified atom stereocenters. The molecule has 2 saturated heterocycles. The summed E-state index contributed by atoms with van der Waals surface area (Å²) in [6, 6.07) is 0. The number of hydrogen-bond acceptors (Lipinski definition) is 3. The van der Waals surface area contributed by atoms with Crippen molar-refractivity contribution >= 4 is 0 Å². The van der Waals surface area contributed by atoms with Crippen LogP contribution in [0.3, 0.4) is 0 Å². The Labute approximate surface area is 92.4 Å². The minimum atomic E-state index is 0.135. The van der Waals surface area contributed by atoms with Gasteiger partial charge < -0.3 is 14.7 Å². The van der Waals surface area contributed by atoms with Gasteiger partial charge in [-0.3, -0.25) is 0 Å². The van der Waals surface area contributed by atoms with Crippen LogP contribution in [-0.2, 0) is 4.74 Å². The number of rotatable bonds is 3. The van der Waals surface area contributed by atoms with E-state index >= 15 is 0 Å². The molecule has 2 rings (SSSR count). The van der Waals surface area contributed by atoms with E-state index in [1.54, 1.807) is 0 Å². The number of hydrogen-bond donors (Lipinski definition) is 1. The lowest BCUT2D eigenvalue weighted by Crippen LogP contribution is -2.45. The zero-order valence-electron chi connectivity index (χ0n) is 9.58. The van der Waals surface area contributed by atoms with Gasteiger partial charge in [-0.2, -0.15) is 0 Å². The van der Waals surface area contributed by atoms with Gasteiger partial charge in [0.15, 0.2) is 0 Å². The van der Waals surface area contributed by atoms with Gasteiger partial charge in [0.05, 0.1) is 6.61 Å². The second kappa shape index (κ2) is 5.28. The van der Waals surface area contributed by atoms with E-state index in [0.717, 1.165) is 32.6 Å². The van der Waals surface area contributed by atoms with Crippen LogP contribution in [0, 0.1) is 5.41 Å². The minimum Gasteiger partial charge on any atom is -0.396 e. The van der Waals surface area contributed by atoms with Gasteiger partial charge in [0, 0.05) is 25.2 Å². The summed E-state index contributed by atoms with van der Waals surface area (Å²) in [6.07, 6.45) is 6.10. The minimum absolute atomic E-state index is 0.135. The van der Waals surface area contributed by atoms with Crippen LogP contribution >= 0.6 is 0 Å². The molecule has 2 heterocycles. The average molecular weight is 213 g/mol. The molecule has 0 atom stereocenters. The summed E-state index contributed by atoms with van der Waals surface area (Å²) in [4.78, 5) is 2.53. The molecule has 1 N–H and O–H groups in total. The molecule has 0 amide bonds. The number of ether oxygens (including phenoxy) is 1. The summed E-state index contributed by atoms with van der Waals surface area (Å²) < 4.78 is 5.39. The maximum absolute atomic E-state index is 9.59. The highest BCUT2D eigenvalue weighted by Gasteiger charge is 2.34. The van der Waals surface area contributed by atoms with Crippen LogP contribution in [0.15, 0.2) is 0 Å². The van der Waals surface area contributed by atoms with Gasteiger partial charge in [0.1, 0.15) is 0 Å². The summed E-state index contributed by atoms with van der Waals surface area (Å²) in [5.41, 5.74) is 0.135. The van der Waals surface area contributed by atoms with E-state index in [2.05, 4.69) is 4.90 Å². The van der Waals surface area contributed by atoms with E-state index < -0.39 is 0 Å². The van der Waals surface area contributed by atoms with E-state index in [1.807, 2.05) is 0 Å². The van der Waals surface area contributed by atoms with Crippen molar-refractivity contribution in [2.24, 2.45) is 5.41 Å². The molecule has 0 aromatic rings. The summed E-state index contributed by atoms with van der Waals surface area (Å²) >= 11 is 0. The highest BCUT2D eigenvalue weighted by atomic mass is 16.5. The highest BCUT2D eigenvalue weighted by Crippen LogP contribution is 2.31. The largest absolute Gasteiger partial charge is 0.396 e. The molecule has 0 aliphatic carbocycles. The molecule has 0 radical (unpaired) electrons. The highest BCUT2D eigenvalue weighted by molar-refractivity contribution is 4.85. The summed E-state index contributed by atoms with van der Waals surface area (Å²) in [5, 5.41) is 9.59. The predicted octanol–water partition coefficient (Wildman–Crippen LogP) is 1.26. The Morgan fingerprint density at radius 3 is 2.33 bits per heavy atom. The van der Waals surface area contributed by atoms with E-state index in [0.29, 0.717) is 6.61 Å². The van der Waals surface area contributed by atoms with Crippen molar-refractivity contribution in [3.05, 3.63) is 0 Å². The van der Waals surface area contributed by atoms with Crippen molar-refractivity contribution in [3.8, 4) is 0 Å². The maximum Gasteiger partial charge on any atom is 0.0501 e. The van der Waals surface area contributed by atoms with Crippen molar-refractivity contribution in [1.82, 2.24) is 4.90 Å². The van der Waals surface area contributed by atoms with Crippen LogP contribution in [-0.4, -0.2) is 49.5 Å². The van der Waals surface area contributed by atoms with E-state index in [4.69, 9.17) is 4.74 Å². The van der Waals surface area contributed by atoms with Crippen LogP contribution in [0.2, 0.25) is 0 Å². The van der Waals surface area contributed by atoms with Crippen molar-refractivity contribution in [2.75, 3.05) is 39.5 Å². The summed E-state index contributed by atoms with van der Waals surface area (Å²) in [7, 11) is 0. The molecule has 3 heteroatoms. The van der Waals surface area contributed by atoms with Gasteiger partial charge in [0.2, 0.25) is 0 Å². The molecule has 0 aromatic heterocycles. The Morgan fingerprint density at radius 1 is 1.07 bits per heavy atom. The van der Waals surface area contributed by atoms with Crippen LogP contribution in [0.4, 0.5) is 0 Å². The third kappa shape index (κ3) is 2.92. The first-order valence-electron chi connectivity index (χ1n) is 6.26. The number of piperidine rings is 1. The monoisotopic (exact) mass is 213 g/mol. The van der Waals surface area contributed by atoms with E-state index in [9.17, 15) is 5.11 Å². The molecule has 2 fully saturated rings. The second-order valence-electron chi connectivity index (χ2n) is 5.11. The molecular formula is C12H23NO2. The molecule has 0 bridgehead atoms. The number of aliphatic hydroxyl groups is 1. The zero-order valence-corrected chi connectivity index (χ0v) is 9.58. The Hall–Kier alpha value is -0.120. The van der Waals surface area contributed by atoms with Crippen LogP contribution in [0.5, 0.6) is 0 Å². The molecule has 2 aliphatic heterocycles. The number of nitrogens with zero attached hydrogens (tertiary/aromatic N) is 1. The fraction of sp³-hybridized carbons (Fsp3) is 1.00. The van der Waals surface area contributed by atoms with Gasteiger partial charge in [-0.25, -0.2) is 0 Å². The lowest BCUT2D eigenvalue weighted by atomic mass is 9.80. The van der Waals surface area contributed by atoms with Crippen molar-refractivity contribution < 1.29 is 9.84 Å².